The maximum atomic E-state index is 12.4. The number of aryl methyl sites for hydroxylation is 1. The first-order valence-corrected chi connectivity index (χ1v) is 8.95. The molecular weight excluding hydrogens is 340 g/mol. The molecule has 2 aromatic rings. The van der Waals surface area contributed by atoms with E-state index in [0.29, 0.717) is 6.54 Å². The summed E-state index contributed by atoms with van der Waals surface area (Å²) in [6.45, 7) is 2.47. The van der Waals surface area contributed by atoms with Gasteiger partial charge in [0, 0.05) is 32.0 Å². The highest BCUT2D eigenvalue weighted by Gasteiger charge is 2.16. The van der Waals surface area contributed by atoms with Crippen LogP contribution in [0.15, 0.2) is 42.5 Å². The van der Waals surface area contributed by atoms with Gasteiger partial charge in [-0.3, -0.25) is 0 Å². The number of methoxy groups -OCH3 is 1. The Bertz CT molecular complexity index is 775. The number of urea groups is 1. The average Bonchev–Trinajstić information content (AvgIpc) is 2.63. The smallest absolute Gasteiger partial charge is 0.319 e. The van der Waals surface area contributed by atoms with E-state index in [1.165, 1.54) is 0 Å². The molecule has 6 heteroatoms. The molecule has 0 heterocycles. The number of ether oxygens (including phenoxy) is 1. The predicted molar refractivity (Wildman–Crippen MR) is 112 cm³/mol. The van der Waals surface area contributed by atoms with Crippen LogP contribution in [0.4, 0.5) is 16.2 Å². The van der Waals surface area contributed by atoms with Crippen molar-refractivity contribution in [3.8, 4) is 5.75 Å². The molecule has 0 spiro atoms. The Morgan fingerprint density at radius 3 is 2.44 bits per heavy atom. The van der Waals surface area contributed by atoms with Crippen molar-refractivity contribution in [2.75, 3.05) is 52.1 Å². The van der Waals surface area contributed by atoms with Gasteiger partial charge in [0.1, 0.15) is 5.75 Å². The van der Waals surface area contributed by atoms with Crippen molar-refractivity contribution in [2.45, 2.75) is 13.0 Å². The van der Waals surface area contributed by atoms with Gasteiger partial charge in [0.15, 0.2) is 0 Å². The van der Waals surface area contributed by atoms with Gasteiger partial charge in [-0.25, -0.2) is 4.79 Å². The first-order chi connectivity index (χ1) is 12.8. The number of benzene rings is 2. The molecule has 0 aliphatic rings. The summed E-state index contributed by atoms with van der Waals surface area (Å²) < 4.78 is 5.31. The minimum atomic E-state index is -0.217. The molecule has 1 unspecified atom stereocenters. The quantitative estimate of drug-likeness (QED) is 0.783. The summed E-state index contributed by atoms with van der Waals surface area (Å²) in [5, 5.41) is 5.90. The van der Waals surface area contributed by atoms with Gasteiger partial charge in [-0.2, -0.15) is 0 Å². The van der Waals surface area contributed by atoms with Crippen LogP contribution in [0.1, 0.15) is 17.2 Å². The molecular formula is C21H30N4O2. The van der Waals surface area contributed by atoms with Crippen LogP contribution in [0, 0.1) is 6.92 Å². The molecule has 1 atom stereocenters. The lowest BCUT2D eigenvalue weighted by Crippen LogP contribution is -2.37. The average molecular weight is 370 g/mol. The molecule has 2 rings (SSSR count). The van der Waals surface area contributed by atoms with E-state index in [4.69, 9.17) is 4.74 Å². The van der Waals surface area contributed by atoms with E-state index in [2.05, 4.69) is 21.6 Å². The predicted octanol–water partition coefficient (Wildman–Crippen LogP) is 3.49. The van der Waals surface area contributed by atoms with Crippen molar-refractivity contribution in [3.05, 3.63) is 53.6 Å². The normalized spacial score (nSPS) is 11.8. The highest BCUT2D eigenvalue weighted by molar-refractivity contribution is 5.90. The number of anilines is 2. The molecule has 6 nitrogen and oxygen atoms in total. The van der Waals surface area contributed by atoms with Crippen molar-refractivity contribution in [2.24, 2.45) is 0 Å². The second-order valence-corrected chi connectivity index (χ2v) is 6.98. The van der Waals surface area contributed by atoms with Gasteiger partial charge in [0.25, 0.3) is 0 Å². The molecule has 0 radical (unpaired) electrons. The van der Waals surface area contributed by atoms with E-state index in [0.717, 1.165) is 28.3 Å². The summed E-state index contributed by atoms with van der Waals surface area (Å²) in [6, 6.07) is 13.7. The zero-order valence-electron chi connectivity index (χ0n) is 17.0. The molecule has 2 amide bonds. The van der Waals surface area contributed by atoms with Crippen LogP contribution in [-0.2, 0) is 0 Å². The minimum Gasteiger partial charge on any atom is -0.497 e. The lowest BCUT2D eigenvalue weighted by molar-refractivity contribution is 0.243. The third-order valence-electron chi connectivity index (χ3n) is 4.53. The third-order valence-corrected chi connectivity index (χ3v) is 4.53. The van der Waals surface area contributed by atoms with Crippen LogP contribution in [-0.4, -0.2) is 52.8 Å². The zero-order chi connectivity index (χ0) is 20.0. The summed E-state index contributed by atoms with van der Waals surface area (Å²) in [7, 11) is 9.63. The fraction of sp³-hybridized carbons (Fsp3) is 0.381. The molecule has 0 saturated heterocycles. The largest absolute Gasteiger partial charge is 0.497 e. The van der Waals surface area contributed by atoms with Crippen molar-refractivity contribution in [1.82, 2.24) is 10.2 Å². The minimum absolute atomic E-state index is 0.0445. The molecule has 0 aliphatic heterocycles. The summed E-state index contributed by atoms with van der Waals surface area (Å²) in [5.74, 6) is 0.806. The summed E-state index contributed by atoms with van der Waals surface area (Å²) in [4.78, 5) is 16.5. The van der Waals surface area contributed by atoms with E-state index >= 15 is 0 Å². The molecule has 0 aromatic heterocycles. The molecule has 0 aliphatic carbocycles. The van der Waals surface area contributed by atoms with Crippen LogP contribution >= 0.6 is 0 Å². The van der Waals surface area contributed by atoms with Gasteiger partial charge in [-0.1, -0.05) is 12.1 Å². The fourth-order valence-electron chi connectivity index (χ4n) is 2.87. The fourth-order valence-corrected chi connectivity index (χ4v) is 2.87. The Morgan fingerprint density at radius 2 is 1.85 bits per heavy atom. The molecule has 0 fully saturated rings. The number of amides is 2. The van der Waals surface area contributed by atoms with Gasteiger partial charge in [-0.15, -0.1) is 0 Å². The Morgan fingerprint density at radius 1 is 1.11 bits per heavy atom. The van der Waals surface area contributed by atoms with Crippen LogP contribution in [0.25, 0.3) is 0 Å². The highest BCUT2D eigenvalue weighted by Crippen LogP contribution is 2.23. The first-order valence-electron chi connectivity index (χ1n) is 8.95. The van der Waals surface area contributed by atoms with Crippen molar-refractivity contribution < 1.29 is 9.53 Å². The first kappa shape index (κ1) is 20.6. The lowest BCUT2D eigenvalue weighted by Gasteiger charge is -2.25. The Hall–Kier alpha value is -2.73. The lowest BCUT2D eigenvalue weighted by atomic mass is 10.1. The van der Waals surface area contributed by atoms with Crippen molar-refractivity contribution in [3.63, 3.8) is 0 Å². The third kappa shape index (κ3) is 5.62. The number of carbonyl (C=O) groups is 1. The van der Waals surface area contributed by atoms with Gasteiger partial charge >= 0.3 is 6.03 Å². The summed E-state index contributed by atoms with van der Waals surface area (Å²) >= 11 is 0. The molecule has 27 heavy (non-hydrogen) atoms. The van der Waals surface area contributed by atoms with Crippen LogP contribution in [0.2, 0.25) is 0 Å². The molecule has 2 aromatic carbocycles. The Labute approximate surface area is 162 Å². The number of nitrogens with zero attached hydrogens (tertiary/aromatic N) is 2. The summed E-state index contributed by atoms with van der Waals surface area (Å²) in [6.07, 6.45) is 0. The van der Waals surface area contributed by atoms with Crippen molar-refractivity contribution in [1.29, 1.82) is 0 Å². The maximum Gasteiger partial charge on any atom is 0.319 e. The van der Waals surface area contributed by atoms with E-state index in [-0.39, 0.29) is 12.1 Å². The number of nitrogens with one attached hydrogen (secondary N) is 2. The van der Waals surface area contributed by atoms with Gasteiger partial charge in [0.2, 0.25) is 0 Å². The van der Waals surface area contributed by atoms with E-state index in [9.17, 15) is 4.79 Å². The Kier molecular flexibility index (Phi) is 7.07. The monoisotopic (exact) mass is 370 g/mol. The van der Waals surface area contributed by atoms with Crippen LogP contribution in [0.5, 0.6) is 5.75 Å². The molecule has 146 valence electrons. The number of carbonyl (C=O) groups excluding carboxylic acids is 1. The van der Waals surface area contributed by atoms with Crippen LogP contribution < -0.4 is 20.3 Å². The van der Waals surface area contributed by atoms with Crippen LogP contribution in [0.3, 0.4) is 0 Å². The molecule has 0 saturated carbocycles. The topological polar surface area (TPSA) is 56.8 Å². The molecule has 0 bridgehead atoms. The second-order valence-electron chi connectivity index (χ2n) is 6.98. The Balaban J connectivity index is 2.02. The van der Waals surface area contributed by atoms with Crippen molar-refractivity contribution >= 4 is 17.4 Å². The standard InChI is InChI=1S/C21H30N4O2/c1-15-12-17(24(2)3)10-11-19(15)23-21(26)22-14-20(25(4)5)16-8-7-9-18(13-16)27-6/h7-13,20H,14H2,1-6H3,(H2,22,23,26). The molecule has 2 N–H and O–H groups in total. The number of rotatable bonds is 7. The SMILES string of the molecule is COc1cccc(C(CNC(=O)Nc2ccc(N(C)C)cc2C)N(C)C)c1. The number of hydrogen-bond acceptors (Lipinski definition) is 4. The maximum absolute atomic E-state index is 12.4. The van der Waals surface area contributed by atoms with Gasteiger partial charge in [0.05, 0.1) is 13.2 Å². The zero-order valence-corrected chi connectivity index (χ0v) is 17.0. The van der Waals surface area contributed by atoms with Gasteiger partial charge < -0.3 is 25.2 Å². The number of likely N-dealkylation sites (N-methyl/N-ethyl adjacent to an activating group) is 1. The van der Waals surface area contributed by atoms with E-state index in [1.807, 2.05) is 76.4 Å². The second kappa shape index (κ2) is 9.28. The summed E-state index contributed by atoms with van der Waals surface area (Å²) in [5.41, 5.74) is 4.02. The van der Waals surface area contributed by atoms with E-state index in [1.54, 1.807) is 7.11 Å². The van der Waals surface area contributed by atoms with E-state index < -0.39 is 0 Å². The highest BCUT2D eigenvalue weighted by atomic mass is 16.5. The number of hydrogen-bond donors (Lipinski definition) is 2. The van der Waals surface area contributed by atoms with Gasteiger partial charge in [-0.05, 0) is 62.5 Å².